The van der Waals surface area contributed by atoms with Gasteiger partial charge in [-0.05, 0) is 35.7 Å². The lowest BCUT2D eigenvalue weighted by Crippen LogP contribution is -2.39. The predicted octanol–water partition coefficient (Wildman–Crippen LogP) is 2.43. The summed E-state index contributed by atoms with van der Waals surface area (Å²) in [5.41, 5.74) is 1.35. The van der Waals surface area contributed by atoms with Crippen molar-refractivity contribution in [2.45, 2.75) is 31.3 Å². The Morgan fingerprint density at radius 1 is 1.10 bits per heavy atom. The molecule has 1 atom stereocenters. The zero-order valence-electron chi connectivity index (χ0n) is 18.2. The van der Waals surface area contributed by atoms with Gasteiger partial charge in [0, 0.05) is 19.2 Å². The molecule has 166 valence electrons. The molecule has 1 aliphatic rings. The average molecular weight is 446 g/mol. The zero-order valence-corrected chi connectivity index (χ0v) is 19.1. The van der Waals surface area contributed by atoms with Crippen molar-refractivity contribution < 1.29 is 22.7 Å². The molecule has 3 rings (SSSR count). The summed E-state index contributed by atoms with van der Waals surface area (Å²) in [5, 5.41) is 0. The molecule has 31 heavy (non-hydrogen) atoms. The molecule has 1 heterocycles. The SMILES string of the molecule is COc1ccc(CN(C)C(=O)C(N=C2NS(=O)(=O)c3ccccc32)C(C)C)cc1OC. The molecule has 1 N–H and O–H groups in total. The summed E-state index contributed by atoms with van der Waals surface area (Å²) in [7, 11) is 1.15. The van der Waals surface area contributed by atoms with Crippen molar-refractivity contribution in [1.29, 1.82) is 0 Å². The van der Waals surface area contributed by atoms with Gasteiger partial charge in [-0.3, -0.25) is 14.5 Å². The van der Waals surface area contributed by atoms with Crippen molar-refractivity contribution in [3.05, 3.63) is 53.6 Å². The molecule has 0 fully saturated rings. The Hall–Kier alpha value is -3.07. The number of fused-ring (bicyclic) bond motifs is 1. The van der Waals surface area contributed by atoms with E-state index in [2.05, 4.69) is 9.71 Å². The molecule has 0 saturated heterocycles. The first kappa shape index (κ1) is 22.6. The number of carbonyl (C=O) groups excluding carboxylic acids is 1. The quantitative estimate of drug-likeness (QED) is 0.706. The van der Waals surface area contributed by atoms with Crippen LogP contribution in [-0.4, -0.2) is 52.4 Å². The van der Waals surface area contributed by atoms with Crippen molar-refractivity contribution in [2.75, 3.05) is 21.3 Å². The van der Waals surface area contributed by atoms with Gasteiger partial charge < -0.3 is 14.4 Å². The third kappa shape index (κ3) is 4.66. The van der Waals surface area contributed by atoms with Crippen molar-refractivity contribution >= 4 is 21.8 Å². The first-order valence-electron chi connectivity index (χ1n) is 9.83. The molecular weight excluding hydrogens is 418 g/mol. The second kappa shape index (κ2) is 8.97. The standard InChI is InChI=1S/C22H27N3O5S/c1-14(2)20(23-21-16-8-6-7-9-19(16)31(27,28)24-21)22(26)25(3)13-15-10-11-17(29-4)18(12-15)30-5/h6-12,14,20H,13H2,1-5H3,(H,23,24). The van der Waals surface area contributed by atoms with Gasteiger partial charge in [0.25, 0.3) is 10.0 Å². The third-order valence-electron chi connectivity index (χ3n) is 5.06. The maximum Gasteiger partial charge on any atom is 0.263 e. The number of nitrogens with one attached hydrogen (secondary N) is 1. The zero-order chi connectivity index (χ0) is 22.8. The van der Waals surface area contributed by atoms with Gasteiger partial charge in [-0.2, -0.15) is 0 Å². The molecule has 0 bridgehead atoms. The normalized spacial score (nSPS) is 16.5. The molecule has 2 aromatic carbocycles. The van der Waals surface area contributed by atoms with Gasteiger partial charge in [-0.1, -0.05) is 32.0 Å². The van der Waals surface area contributed by atoms with E-state index in [0.717, 1.165) is 5.56 Å². The second-order valence-electron chi connectivity index (χ2n) is 7.65. The number of likely N-dealkylation sites (N-methyl/N-ethyl adjacent to an activating group) is 1. The number of carbonyl (C=O) groups is 1. The topological polar surface area (TPSA) is 97.3 Å². The highest BCUT2D eigenvalue weighted by Crippen LogP contribution is 2.28. The van der Waals surface area contributed by atoms with E-state index in [1.165, 1.54) is 6.07 Å². The van der Waals surface area contributed by atoms with E-state index in [1.54, 1.807) is 50.4 Å². The van der Waals surface area contributed by atoms with Crippen LogP contribution in [-0.2, 0) is 21.4 Å². The first-order valence-corrected chi connectivity index (χ1v) is 11.3. The van der Waals surface area contributed by atoms with Gasteiger partial charge >= 0.3 is 0 Å². The molecule has 0 aromatic heterocycles. The van der Waals surface area contributed by atoms with Crippen LogP contribution in [0.5, 0.6) is 11.5 Å². The van der Waals surface area contributed by atoms with Gasteiger partial charge in [-0.15, -0.1) is 0 Å². The molecular formula is C22H27N3O5S. The Bertz CT molecular complexity index is 1110. The van der Waals surface area contributed by atoms with Crippen LogP contribution in [0.25, 0.3) is 0 Å². The van der Waals surface area contributed by atoms with Crippen LogP contribution in [0.3, 0.4) is 0 Å². The number of hydrogen-bond acceptors (Lipinski definition) is 6. The lowest BCUT2D eigenvalue weighted by Gasteiger charge is -2.24. The first-order chi connectivity index (χ1) is 14.7. The van der Waals surface area contributed by atoms with Gasteiger partial charge in [0.1, 0.15) is 11.9 Å². The third-order valence-corrected chi connectivity index (χ3v) is 6.46. The monoisotopic (exact) mass is 445 g/mol. The number of amides is 1. The van der Waals surface area contributed by atoms with Crippen molar-refractivity contribution in [2.24, 2.45) is 10.9 Å². The van der Waals surface area contributed by atoms with E-state index in [4.69, 9.17) is 9.47 Å². The highest BCUT2D eigenvalue weighted by atomic mass is 32.2. The maximum absolute atomic E-state index is 13.2. The summed E-state index contributed by atoms with van der Waals surface area (Å²) in [4.78, 5) is 19.5. The van der Waals surface area contributed by atoms with Gasteiger partial charge in [0.2, 0.25) is 5.91 Å². The minimum absolute atomic E-state index is 0.134. The fraction of sp³-hybridized carbons (Fsp3) is 0.364. The predicted molar refractivity (Wildman–Crippen MR) is 118 cm³/mol. The molecule has 0 aliphatic carbocycles. The number of ether oxygens (including phenoxy) is 2. The molecule has 8 nitrogen and oxygen atoms in total. The van der Waals surface area contributed by atoms with Crippen LogP contribution in [0.2, 0.25) is 0 Å². The molecule has 0 spiro atoms. The number of rotatable bonds is 7. The number of benzene rings is 2. The number of amidine groups is 1. The summed E-state index contributed by atoms with van der Waals surface area (Å²) < 4.78 is 37.8. The number of methoxy groups -OCH3 is 2. The van der Waals surface area contributed by atoms with Crippen LogP contribution in [0.15, 0.2) is 52.4 Å². The Morgan fingerprint density at radius 3 is 2.42 bits per heavy atom. The summed E-state index contributed by atoms with van der Waals surface area (Å²) in [6.07, 6.45) is 0. The van der Waals surface area contributed by atoms with E-state index in [-0.39, 0.29) is 22.6 Å². The van der Waals surface area contributed by atoms with Crippen LogP contribution in [0.1, 0.15) is 25.0 Å². The number of hydrogen-bond donors (Lipinski definition) is 1. The summed E-state index contributed by atoms with van der Waals surface area (Å²) in [5.74, 6) is 1.05. The minimum Gasteiger partial charge on any atom is -0.493 e. The van der Waals surface area contributed by atoms with E-state index in [0.29, 0.717) is 23.6 Å². The fourth-order valence-corrected chi connectivity index (χ4v) is 4.65. The van der Waals surface area contributed by atoms with Crippen LogP contribution in [0, 0.1) is 5.92 Å². The summed E-state index contributed by atoms with van der Waals surface area (Å²) in [6, 6.07) is 11.3. The van der Waals surface area contributed by atoms with Crippen LogP contribution in [0.4, 0.5) is 0 Å². The Morgan fingerprint density at radius 2 is 1.77 bits per heavy atom. The minimum atomic E-state index is -3.67. The largest absolute Gasteiger partial charge is 0.493 e. The molecule has 1 unspecified atom stereocenters. The Balaban J connectivity index is 1.86. The van der Waals surface area contributed by atoms with Crippen molar-refractivity contribution in [3.63, 3.8) is 0 Å². The summed E-state index contributed by atoms with van der Waals surface area (Å²) >= 11 is 0. The lowest BCUT2D eigenvalue weighted by molar-refractivity contribution is -0.132. The van der Waals surface area contributed by atoms with Gasteiger partial charge in [-0.25, -0.2) is 8.42 Å². The molecule has 2 aromatic rings. The molecule has 0 saturated carbocycles. The second-order valence-corrected chi connectivity index (χ2v) is 9.30. The van der Waals surface area contributed by atoms with E-state index in [9.17, 15) is 13.2 Å². The smallest absolute Gasteiger partial charge is 0.263 e. The number of nitrogens with zero attached hydrogens (tertiary/aromatic N) is 2. The molecule has 1 amide bonds. The van der Waals surface area contributed by atoms with Gasteiger partial charge in [0.15, 0.2) is 11.5 Å². The molecule has 1 aliphatic heterocycles. The van der Waals surface area contributed by atoms with E-state index < -0.39 is 16.1 Å². The lowest BCUT2D eigenvalue weighted by atomic mass is 10.0. The molecule has 0 radical (unpaired) electrons. The highest BCUT2D eigenvalue weighted by molar-refractivity contribution is 7.90. The molecule has 9 heteroatoms. The Kier molecular flexibility index (Phi) is 6.54. The fourth-order valence-electron chi connectivity index (χ4n) is 3.41. The van der Waals surface area contributed by atoms with Crippen LogP contribution >= 0.6 is 0 Å². The number of aliphatic imine (C=N–C) groups is 1. The van der Waals surface area contributed by atoms with Crippen molar-refractivity contribution in [1.82, 2.24) is 9.62 Å². The highest BCUT2D eigenvalue weighted by Gasteiger charge is 2.33. The van der Waals surface area contributed by atoms with Gasteiger partial charge in [0.05, 0.1) is 19.1 Å². The van der Waals surface area contributed by atoms with Crippen LogP contribution < -0.4 is 14.2 Å². The number of sulfonamides is 1. The summed E-state index contributed by atoms with van der Waals surface area (Å²) in [6.45, 7) is 4.11. The Labute approximate surface area is 182 Å². The van der Waals surface area contributed by atoms with E-state index >= 15 is 0 Å². The van der Waals surface area contributed by atoms with Crippen molar-refractivity contribution in [3.8, 4) is 11.5 Å². The van der Waals surface area contributed by atoms with E-state index in [1.807, 2.05) is 26.0 Å². The maximum atomic E-state index is 13.2. The average Bonchev–Trinajstić information content (AvgIpc) is 3.01.